The zero-order valence-electron chi connectivity index (χ0n) is 1.52. The standard InChI is InChI=1S/CH4.Ca.O2/c;;1-2/h1H4;;/q;+2;-2. The van der Waals surface area contributed by atoms with Gasteiger partial charge in [0, 0.05) is 0 Å². The van der Waals surface area contributed by atoms with Crippen LogP contribution < -0.4 is 10.5 Å². The molecule has 0 rings (SSSR count). The minimum atomic E-state index is 0. The predicted octanol–water partition coefficient (Wildman–Crippen LogP) is -2.12. The molecule has 0 aromatic heterocycles. The van der Waals surface area contributed by atoms with Gasteiger partial charge in [0.05, 0.1) is 0 Å². The molecule has 0 unspecified atom stereocenters. The van der Waals surface area contributed by atoms with Crippen molar-refractivity contribution in [3.8, 4) is 0 Å². The van der Waals surface area contributed by atoms with Crippen LogP contribution in [0.15, 0.2) is 0 Å². The van der Waals surface area contributed by atoms with E-state index in [-0.39, 0.29) is 45.2 Å². The molecule has 0 saturated heterocycles. The maximum Gasteiger partial charge on any atom is 2.00 e. The average Bonchev–Trinajstić information content (AvgIpc) is 1.00. The van der Waals surface area contributed by atoms with E-state index in [0.717, 1.165) is 0 Å². The fourth-order valence-corrected chi connectivity index (χ4v) is 0. The summed E-state index contributed by atoms with van der Waals surface area (Å²) in [5, 5.41) is 14.0. The van der Waals surface area contributed by atoms with E-state index in [2.05, 4.69) is 0 Å². The first-order chi connectivity index (χ1) is 1.00. The first kappa shape index (κ1) is 19.0. The number of hydrogen-bond donors (Lipinski definition) is 0. The SMILES string of the molecule is C.[Ca+2].[O-][O-]. The van der Waals surface area contributed by atoms with Gasteiger partial charge in [-0.25, -0.2) is 0 Å². The molecule has 4 heavy (non-hydrogen) atoms. The molecule has 0 radical (unpaired) electrons. The van der Waals surface area contributed by atoms with Crippen LogP contribution in [-0.2, 0) is 0 Å². The fraction of sp³-hybridized carbons (Fsp3) is 1.00. The second-order valence-corrected chi connectivity index (χ2v) is 0. The van der Waals surface area contributed by atoms with Crippen LogP contribution in [0.25, 0.3) is 0 Å². The van der Waals surface area contributed by atoms with Gasteiger partial charge in [0.25, 0.3) is 0 Å². The molecule has 0 saturated carbocycles. The van der Waals surface area contributed by atoms with E-state index in [4.69, 9.17) is 10.5 Å². The normalized spacial score (nSPS) is 1.50. The van der Waals surface area contributed by atoms with Gasteiger partial charge in [0.2, 0.25) is 0 Å². The van der Waals surface area contributed by atoms with Crippen molar-refractivity contribution in [3.63, 3.8) is 0 Å². The summed E-state index contributed by atoms with van der Waals surface area (Å²) < 4.78 is 0. The van der Waals surface area contributed by atoms with Crippen molar-refractivity contribution in [1.29, 1.82) is 0 Å². The number of hydrogen-bond acceptors (Lipinski definition) is 2. The van der Waals surface area contributed by atoms with Crippen LogP contribution in [0, 0.1) is 0 Å². The molecule has 0 fully saturated rings. The van der Waals surface area contributed by atoms with E-state index in [0.29, 0.717) is 0 Å². The Hall–Kier alpha value is 1.18. The van der Waals surface area contributed by atoms with Gasteiger partial charge in [0.15, 0.2) is 0 Å². The molecule has 0 aromatic carbocycles. The molecule has 0 bridgehead atoms. The topological polar surface area (TPSA) is 46.1 Å². The third-order valence-corrected chi connectivity index (χ3v) is 0. The van der Waals surface area contributed by atoms with Gasteiger partial charge in [-0.2, -0.15) is 0 Å². The molecule has 0 heterocycles. The second-order valence-electron chi connectivity index (χ2n) is 0. The Bertz CT molecular complexity index is 6.00. The summed E-state index contributed by atoms with van der Waals surface area (Å²) in [5.74, 6) is 0. The molecular formula is CH4CaO2. The molecule has 0 aliphatic heterocycles. The third-order valence-electron chi connectivity index (χ3n) is 0. The van der Waals surface area contributed by atoms with E-state index in [1.165, 1.54) is 0 Å². The molecule has 0 amide bonds. The molecule has 0 N–H and O–H groups in total. The molecule has 0 spiro atoms. The van der Waals surface area contributed by atoms with Crippen molar-refractivity contribution in [2.45, 2.75) is 7.43 Å². The van der Waals surface area contributed by atoms with Crippen LogP contribution in [-0.4, -0.2) is 37.7 Å². The summed E-state index contributed by atoms with van der Waals surface area (Å²) in [6, 6.07) is 0. The third kappa shape index (κ3) is 10.9. The molecule has 2 nitrogen and oxygen atoms in total. The van der Waals surface area contributed by atoms with Gasteiger partial charge in [-0.05, 0) is 0 Å². The van der Waals surface area contributed by atoms with E-state index in [9.17, 15) is 0 Å². The quantitative estimate of drug-likeness (QED) is 0.193. The Kier molecular flexibility index (Phi) is 145. The second kappa shape index (κ2) is 30.4. The summed E-state index contributed by atoms with van der Waals surface area (Å²) in [5.41, 5.74) is 0. The van der Waals surface area contributed by atoms with E-state index in [1.807, 2.05) is 0 Å². The van der Waals surface area contributed by atoms with Crippen molar-refractivity contribution in [2.24, 2.45) is 0 Å². The van der Waals surface area contributed by atoms with Crippen molar-refractivity contribution < 1.29 is 10.5 Å². The van der Waals surface area contributed by atoms with Crippen molar-refractivity contribution in [2.75, 3.05) is 0 Å². The molecule has 0 aliphatic carbocycles. The smallest absolute Gasteiger partial charge is 1.00 e. The molecular weight excluding hydrogens is 84.1 g/mol. The number of rotatable bonds is 0. The first-order valence-corrected chi connectivity index (χ1v) is 0.167. The summed E-state index contributed by atoms with van der Waals surface area (Å²) in [6.45, 7) is 0. The van der Waals surface area contributed by atoms with Crippen LogP contribution in [0.3, 0.4) is 0 Å². The first-order valence-electron chi connectivity index (χ1n) is 0.167. The summed E-state index contributed by atoms with van der Waals surface area (Å²) in [4.78, 5) is 0. The Morgan fingerprint density at radius 2 is 1.00 bits per heavy atom. The van der Waals surface area contributed by atoms with Crippen molar-refractivity contribution >= 4 is 37.7 Å². The van der Waals surface area contributed by atoms with Crippen LogP contribution in [0.4, 0.5) is 0 Å². The van der Waals surface area contributed by atoms with E-state index >= 15 is 0 Å². The Morgan fingerprint density at radius 3 is 1.00 bits per heavy atom. The van der Waals surface area contributed by atoms with E-state index < -0.39 is 0 Å². The Morgan fingerprint density at radius 1 is 1.00 bits per heavy atom. The van der Waals surface area contributed by atoms with Gasteiger partial charge < -0.3 is 10.5 Å². The van der Waals surface area contributed by atoms with Gasteiger partial charge in [-0.3, -0.25) is 0 Å². The molecule has 0 aromatic rings. The Labute approximate surface area is 55.4 Å². The van der Waals surface area contributed by atoms with Crippen LogP contribution in [0.2, 0.25) is 0 Å². The minimum absolute atomic E-state index is 0. The fourth-order valence-electron chi connectivity index (χ4n) is 0. The summed E-state index contributed by atoms with van der Waals surface area (Å²) >= 11 is 0. The molecule has 0 atom stereocenters. The van der Waals surface area contributed by atoms with Gasteiger partial charge in [0.1, 0.15) is 0 Å². The van der Waals surface area contributed by atoms with Gasteiger partial charge in [-0.1, -0.05) is 7.43 Å². The molecule has 22 valence electrons. The van der Waals surface area contributed by atoms with Crippen LogP contribution >= 0.6 is 0 Å². The monoisotopic (exact) mass is 88.0 g/mol. The molecule has 3 heteroatoms. The van der Waals surface area contributed by atoms with Gasteiger partial charge in [-0.15, -0.1) is 0 Å². The van der Waals surface area contributed by atoms with Crippen LogP contribution in [0.1, 0.15) is 7.43 Å². The Balaban J connectivity index is -0.00000000500. The van der Waals surface area contributed by atoms with E-state index in [1.54, 1.807) is 0 Å². The zero-order chi connectivity index (χ0) is 2.00. The summed E-state index contributed by atoms with van der Waals surface area (Å²) in [6.07, 6.45) is 0. The maximum absolute atomic E-state index is 7.00. The minimum Gasteiger partial charge on any atom is -1.00 e. The summed E-state index contributed by atoms with van der Waals surface area (Å²) in [7, 11) is 0. The molecule has 0 aliphatic rings. The van der Waals surface area contributed by atoms with Crippen molar-refractivity contribution in [1.82, 2.24) is 0 Å². The largest absolute Gasteiger partial charge is 2.00 e. The zero-order valence-corrected chi connectivity index (χ0v) is 3.73. The average molecular weight is 88.1 g/mol. The van der Waals surface area contributed by atoms with Gasteiger partial charge >= 0.3 is 37.7 Å². The maximum atomic E-state index is 7.00. The predicted molar refractivity (Wildman–Crippen MR) is 12.5 cm³/mol. The van der Waals surface area contributed by atoms with Crippen LogP contribution in [0.5, 0.6) is 0 Å². The van der Waals surface area contributed by atoms with Crippen molar-refractivity contribution in [3.05, 3.63) is 0 Å².